The molecule has 0 unspecified atom stereocenters. The highest BCUT2D eigenvalue weighted by Crippen LogP contribution is 2.40. The predicted molar refractivity (Wildman–Crippen MR) is 112 cm³/mol. The molecule has 144 valence electrons. The van der Waals surface area contributed by atoms with Gasteiger partial charge in [0.05, 0.1) is 11.1 Å². The number of carbonyl (C=O) groups excluding carboxylic acids is 3. The molecule has 3 aromatic carbocycles. The van der Waals surface area contributed by atoms with Crippen LogP contribution in [0.1, 0.15) is 53.5 Å². The van der Waals surface area contributed by atoms with Crippen LogP contribution in [0, 0.1) is 6.92 Å². The minimum atomic E-state index is -0.424. The zero-order valence-electron chi connectivity index (χ0n) is 16.1. The Hall–Kier alpha value is -4.05. The Morgan fingerprint density at radius 3 is 1.83 bits per heavy atom. The molecule has 0 spiro atoms. The molecule has 1 aliphatic carbocycles. The molecule has 5 rings (SSSR count). The minimum absolute atomic E-state index is 0.0470. The highest BCUT2D eigenvalue weighted by atomic mass is 16.4. The van der Waals surface area contributed by atoms with Crippen LogP contribution in [0.2, 0.25) is 0 Å². The molecule has 30 heavy (non-hydrogen) atoms. The van der Waals surface area contributed by atoms with Crippen LogP contribution in [0.25, 0.3) is 11.3 Å². The van der Waals surface area contributed by atoms with Gasteiger partial charge in [0.25, 0.3) is 0 Å². The van der Waals surface area contributed by atoms with Gasteiger partial charge in [-0.1, -0.05) is 78.9 Å². The first-order valence-corrected chi connectivity index (χ1v) is 9.59. The van der Waals surface area contributed by atoms with Crippen molar-refractivity contribution in [2.45, 2.75) is 6.92 Å². The topological polar surface area (TPSA) is 64.3 Å². The van der Waals surface area contributed by atoms with Crippen LogP contribution < -0.4 is 0 Å². The maximum atomic E-state index is 13.4. The number of hydrogen-bond acceptors (Lipinski definition) is 4. The molecule has 0 amide bonds. The molecule has 0 aliphatic heterocycles. The molecule has 0 atom stereocenters. The van der Waals surface area contributed by atoms with Crippen LogP contribution in [0.4, 0.5) is 0 Å². The second kappa shape index (κ2) is 6.78. The van der Waals surface area contributed by atoms with Crippen molar-refractivity contribution in [1.29, 1.82) is 0 Å². The number of ketones is 3. The lowest BCUT2D eigenvalue weighted by Gasteiger charge is -2.15. The van der Waals surface area contributed by atoms with Crippen LogP contribution in [0.5, 0.6) is 0 Å². The van der Waals surface area contributed by atoms with Gasteiger partial charge in [0, 0.05) is 22.3 Å². The fraction of sp³-hybridized carbons (Fsp3) is 0.0385. The number of rotatable bonds is 3. The first-order valence-electron chi connectivity index (χ1n) is 9.59. The van der Waals surface area contributed by atoms with Crippen molar-refractivity contribution < 1.29 is 18.8 Å². The lowest BCUT2D eigenvalue weighted by atomic mass is 9.82. The molecule has 1 heterocycles. The molecular formula is C26H16O4. The predicted octanol–water partition coefficient (Wildman–Crippen LogP) is 5.26. The number of hydrogen-bond donors (Lipinski definition) is 0. The van der Waals surface area contributed by atoms with E-state index in [0.29, 0.717) is 16.7 Å². The smallest absolute Gasteiger partial charge is 0.229 e. The first kappa shape index (κ1) is 18.0. The maximum absolute atomic E-state index is 13.4. The fourth-order valence-electron chi connectivity index (χ4n) is 3.91. The molecule has 0 bridgehead atoms. The van der Waals surface area contributed by atoms with E-state index in [2.05, 4.69) is 0 Å². The zero-order valence-corrected chi connectivity index (χ0v) is 16.1. The van der Waals surface area contributed by atoms with E-state index in [0.717, 1.165) is 5.56 Å². The number of fused-ring (bicyclic) bond motifs is 2. The average molecular weight is 392 g/mol. The second-order valence-electron chi connectivity index (χ2n) is 7.22. The van der Waals surface area contributed by atoms with E-state index in [1.807, 2.05) is 31.2 Å². The van der Waals surface area contributed by atoms with E-state index in [-0.39, 0.29) is 39.8 Å². The fourth-order valence-corrected chi connectivity index (χ4v) is 3.91. The standard InChI is InChI=1S/C26H16O4/c1-15-9-5-6-12-17(15)25-20-21(24(29)19-14-8-7-13-18(19)23(20)28)26(30-25)22(27)16-10-3-2-4-11-16/h2-14H,1H3. The molecule has 0 fully saturated rings. The van der Waals surface area contributed by atoms with Gasteiger partial charge < -0.3 is 4.42 Å². The van der Waals surface area contributed by atoms with Crippen LogP contribution in [-0.2, 0) is 0 Å². The van der Waals surface area contributed by atoms with E-state index in [1.165, 1.54) is 0 Å². The Kier molecular flexibility index (Phi) is 4.07. The summed E-state index contributed by atoms with van der Waals surface area (Å²) in [5.41, 5.74) is 2.77. The minimum Gasteiger partial charge on any atom is -0.451 e. The Bertz CT molecular complexity index is 1340. The molecule has 1 aliphatic rings. The highest BCUT2D eigenvalue weighted by Gasteiger charge is 2.40. The third kappa shape index (κ3) is 2.58. The Morgan fingerprint density at radius 1 is 0.667 bits per heavy atom. The van der Waals surface area contributed by atoms with E-state index in [4.69, 9.17) is 4.42 Å². The average Bonchev–Trinajstić information content (AvgIpc) is 3.19. The van der Waals surface area contributed by atoms with Crippen molar-refractivity contribution >= 4 is 17.3 Å². The van der Waals surface area contributed by atoms with E-state index < -0.39 is 5.78 Å². The van der Waals surface area contributed by atoms with E-state index >= 15 is 0 Å². The van der Waals surface area contributed by atoms with Crippen molar-refractivity contribution in [3.63, 3.8) is 0 Å². The van der Waals surface area contributed by atoms with Gasteiger partial charge in [-0.15, -0.1) is 0 Å². The van der Waals surface area contributed by atoms with Crippen LogP contribution in [0.3, 0.4) is 0 Å². The lowest BCUT2D eigenvalue weighted by Crippen LogP contribution is -2.22. The summed E-state index contributed by atoms with van der Waals surface area (Å²) < 4.78 is 6.03. The maximum Gasteiger partial charge on any atom is 0.229 e. The van der Waals surface area contributed by atoms with Crippen molar-refractivity contribution in [3.05, 3.63) is 118 Å². The van der Waals surface area contributed by atoms with Gasteiger partial charge >= 0.3 is 0 Å². The zero-order chi connectivity index (χ0) is 20.8. The summed E-state index contributed by atoms with van der Waals surface area (Å²) >= 11 is 0. The molecule has 4 heteroatoms. The lowest BCUT2D eigenvalue weighted by molar-refractivity contribution is 0.0968. The van der Waals surface area contributed by atoms with Crippen molar-refractivity contribution in [2.24, 2.45) is 0 Å². The second-order valence-corrected chi connectivity index (χ2v) is 7.22. The SMILES string of the molecule is Cc1ccccc1-c1oc(C(=O)c2ccccc2)c2c1C(=O)c1ccccc1C2=O. The van der Waals surface area contributed by atoms with Gasteiger partial charge in [-0.3, -0.25) is 14.4 Å². The first-order chi connectivity index (χ1) is 14.6. The molecule has 1 aromatic heterocycles. The summed E-state index contributed by atoms with van der Waals surface area (Å²) in [6.07, 6.45) is 0. The van der Waals surface area contributed by atoms with Crippen molar-refractivity contribution in [2.75, 3.05) is 0 Å². The van der Waals surface area contributed by atoms with Gasteiger partial charge in [-0.25, -0.2) is 0 Å². The number of carbonyl (C=O) groups is 3. The van der Waals surface area contributed by atoms with E-state index in [1.54, 1.807) is 54.6 Å². The summed E-state index contributed by atoms with van der Waals surface area (Å²) in [5, 5.41) is 0. The number of aryl methyl sites for hydroxylation is 1. The van der Waals surface area contributed by atoms with Crippen LogP contribution in [0.15, 0.2) is 83.3 Å². The van der Waals surface area contributed by atoms with Gasteiger partial charge in [0.2, 0.25) is 5.78 Å². The van der Waals surface area contributed by atoms with Crippen molar-refractivity contribution in [1.82, 2.24) is 0 Å². The van der Waals surface area contributed by atoms with Crippen molar-refractivity contribution in [3.8, 4) is 11.3 Å². The summed E-state index contributed by atoms with van der Waals surface area (Å²) in [4.78, 5) is 40.0. The third-order valence-corrected chi connectivity index (χ3v) is 5.41. The van der Waals surface area contributed by atoms with E-state index in [9.17, 15) is 14.4 Å². The van der Waals surface area contributed by atoms with Gasteiger partial charge in [-0.05, 0) is 12.5 Å². The summed E-state index contributed by atoms with van der Waals surface area (Å²) in [6, 6.07) is 22.7. The molecule has 0 N–H and O–H groups in total. The highest BCUT2D eigenvalue weighted by molar-refractivity contribution is 6.33. The molecular weight excluding hydrogens is 376 g/mol. The Morgan fingerprint density at radius 2 is 1.20 bits per heavy atom. The molecule has 4 aromatic rings. The number of furan rings is 1. The molecule has 4 nitrogen and oxygen atoms in total. The van der Waals surface area contributed by atoms with Crippen LogP contribution >= 0.6 is 0 Å². The summed E-state index contributed by atoms with van der Waals surface area (Å²) in [6.45, 7) is 1.89. The van der Waals surface area contributed by atoms with Gasteiger partial charge in [-0.2, -0.15) is 0 Å². The summed E-state index contributed by atoms with van der Waals surface area (Å²) in [7, 11) is 0. The molecule has 0 saturated carbocycles. The van der Waals surface area contributed by atoms with Gasteiger partial charge in [0.15, 0.2) is 17.3 Å². The summed E-state index contributed by atoms with van der Waals surface area (Å²) in [5.74, 6) is -0.942. The normalized spacial score (nSPS) is 12.4. The van der Waals surface area contributed by atoms with Crippen LogP contribution in [-0.4, -0.2) is 17.3 Å². The molecule has 0 saturated heterocycles. The third-order valence-electron chi connectivity index (χ3n) is 5.41. The Labute approximate surface area is 172 Å². The Balaban J connectivity index is 1.82. The number of benzene rings is 3. The van der Waals surface area contributed by atoms with Gasteiger partial charge in [0.1, 0.15) is 5.76 Å². The quantitative estimate of drug-likeness (QED) is 0.393. The monoisotopic (exact) mass is 392 g/mol. The molecule has 0 radical (unpaired) electrons. The largest absolute Gasteiger partial charge is 0.451 e.